The molecular weight excluding hydrogens is 315 g/mol. The first-order chi connectivity index (χ1) is 9.06. The fourth-order valence-corrected chi connectivity index (χ4v) is 1.88. The molecule has 0 aliphatic heterocycles. The van der Waals surface area contributed by atoms with Gasteiger partial charge in [-0.1, -0.05) is 12.1 Å². The molecule has 0 fully saturated rings. The van der Waals surface area contributed by atoms with Crippen molar-refractivity contribution in [3.8, 4) is 17.3 Å². The van der Waals surface area contributed by atoms with E-state index in [0.29, 0.717) is 15.7 Å². The summed E-state index contributed by atoms with van der Waals surface area (Å²) in [6, 6.07) is 4.28. The van der Waals surface area contributed by atoms with Crippen LogP contribution in [0.3, 0.4) is 0 Å². The highest BCUT2D eigenvalue weighted by molar-refractivity contribution is 9.10. The van der Waals surface area contributed by atoms with Crippen LogP contribution in [0.5, 0.6) is 6.01 Å². The first-order valence-corrected chi connectivity index (χ1v) is 5.90. The number of hydrogen-bond acceptors (Lipinski definition) is 4. The summed E-state index contributed by atoms with van der Waals surface area (Å²) in [5.41, 5.74) is 6.54. The Balaban J connectivity index is 2.62. The predicted molar refractivity (Wildman–Crippen MR) is 72.4 cm³/mol. The maximum absolute atomic E-state index is 13.6. The summed E-state index contributed by atoms with van der Waals surface area (Å²) in [6.45, 7) is 6.81. The number of rotatable bonds is 2. The molecule has 1 aromatic heterocycles. The molecule has 7 heteroatoms. The van der Waals surface area contributed by atoms with Crippen molar-refractivity contribution in [2.45, 2.75) is 0 Å². The lowest BCUT2D eigenvalue weighted by molar-refractivity contribution is 0.381. The zero-order chi connectivity index (χ0) is 14.0. The van der Waals surface area contributed by atoms with E-state index < -0.39 is 5.82 Å². The van der Waals surface area contributed by atoms with Crippen LogP contribution in [0.4, 0.5) is 15.9 Å². The number of hydrogen-bond donors (Lipinski definition) is 1. The number of anilines is 1. The van der Waals surface area contributed by atoms with Crippen molar-refractivity contribution in [1.29, 1.82) is 0 Å². The molecular formula is C12H8BrFN4O. The van der Waals surface area contributed by atoms with Gasteiger partial charge in [-0.3, -0.25) is 0 Å². The van der Waals surface area contributed by atoms with Gasteiger partial charge in [-0.25, -0.2) is 9.24 Å². The van der Waals surface area contributed by atoms with Gasteiger partial charge in [-0.2, -0.15) is 9.97 Å². The Morgan fingerprint density at radius 2 is 2.16 bits per heavy atom. The third kappa shape index (κ3) is 2.48. The maximum Gasteiger partial charge on any atom is 0.318 e. The third-order valence-corrected chi connectivity index (χ3v) is 3.16. The number of nitrogens with two attached hydrogens (primary N) is 1. The van der Waals surface area contributed by atoms with E-state index in [4.69, 9.17) is 17.0 Å². The highest BCUT2D eigenvalue weighted by Crippen LogP contribution is 2.33. The van der Waals surface area contributed by atoms with Gasteiger partial charge in [0.15, 0.2) is 0 Å². The van der Waals surface area contributed by atoms with Crippen LogP contribution in [0, 0.1) is 12.4 Å². The molecule has 0 atom stereocenters. The Bertz CT molecular complexity index is 684. The van der Waals surface area contributed by atoms with Crippen LogP contribution in [0.2, 0.25) is 0 Å². The average molecular weight is 323 g/mol. The zero-order valence-corrected chi connectivity index (χ0v) is 11.4. The molecule has 0 aliphatic carbocycles. The maximum atomic E-state index is 13.6. The van der Waals surface area contributed by atoms with Crippen LogP contribution in [0.15, 0.2) is 22.7 Å². The number of ether oxygens (including phenoxy) is 1. The fourth-order valence-electron chi connectivity index (χ4n) is 1.47. The molecule has 1 heterocycles. The van der Waals surface area contributed by atoms with Gasteiger partial charge in [0.25, 0.3) is 0 Å². The molecule has 0 aliphatic rings. The quantitative estimate of drug-likeness (QED) is 0.862. The second-order valence-electron chi connectivity index (χ2n) is 3.54. The van der Waals surface area contributed by atoms with Crippen LogP contribution in [0.25, 0.3) is 16.1 Å². The number of aromatic nitrogens is 2. The van der Waals surface area contributed by atoms with E-state index in [1.165, 1.54) is 19.2 Å². The molecule has 0 amide bonds. The topological polar surface area (TPSA) is 65.4 Å². The fraction of sp³-hybridized carbons (Fsp3) is 0.0833. The normalized spacial score (nSPS) is 10.0. The predicted octanol–water partition coefficient (Wildman–Crippen LogP) is 3.19. The Kier molecular flexibility index (Phi) is 3.62. The third-order valence-electron chi connectivity index (χ3n) is 2.38. The number of halogens is 2. The second-order valence-corrected chi connectivity index (χ2v) is 4.33. The minimum Gasteiger partial charge on any atom is -0.467 e. The van der Waals surface area contributed by atoms with Crippen molar-refractivity contribution < 1.29 is 9.13 Å². The van der Waals surface area contributed by atoms with E-state index in [1.807, 2.05) is 0 Å². The molecule has 0 radical (unpaired) electrons. The SMILES string of the molecule is [C-]#[N+]c1ccc(-c2nc(OC)nc(N)c2Br)cc1F. The molecule has 0 bridgehead atoms. The van der Waals surface area contributed by atoms with Crippen molar-refractivity contribution >= 4 is 27.4 Å². The summed E-state index contributed by atoms with van der Waals surface area (Å²) in [6.07, 6.45) is 0. The molecule has 2 rings (SSSR count). The molecule has 0 spiro atoms. The van der Waals surface area contributed by atoms with Gasteiger partial charge >= 0.3 is 6.01 Å². The number of nitrogens with zero attached hydrogens (tertiary/aromatic N) is 3. The van der Waals surface area contributed by atoms with Crippen molar-refractivity contribution in [1.82, 2.24) is 9.97 Å². The van der Waals surface area contributed by atoms with Gasteiger partial charge in [0.2, 0.25) is 5.69 Å². The summed E-state index contributed by atoms with van der Waals surface area (Å²) in [4.78, 5) is 11.1. The molecule has 5 nitrogen and oxygen atoms in total. The van der Waals surface area contributed by atoms with E-state index >= 15 is 0 Å². The standard InChI is InChI=1S/C12H8BrFN4O/c1-16-8-4-3-6(5-7(8)14)10-9(13)11(15)18-12(17-10)19-2/h3-5H,2H3,(H2,15,17,18). The lowest BCUT2D eigenvalue weighted by Gasteiger charge is -2.08. The summed E-state index contributed by atoms with van der Waals surface area (Å²) in [5, 5.41) is 0. The van der Waals surface area contributed by atoms with Gasteiger partial charge in [0.05, 0.1) is 23.8 Å². The molecule has 0 saturated carbocycles. The number of benzene rings is 1. The van der Waals surface area contributed by atoms with Gasteiger partial charge < -0.3 is 10.5 Å². The van der Waals surface area contributed by atoms with E-state index in [0.717, 1.165) is 0 Å². The van der Waals surface area contributed by atoms with Crippen molar-refractivity contribution in [2.24, 2.45) is 0 Å². The van der Waals surface area contributed by atoms with Gasteiger partial charge in [-0.05, 0) is 22.0 Å². The Morgan fingerprint density at radius 3 is 2.74 bits per heavy atom. The molecule has 2 aromatic rings. The first kappa shape index (κ1) is 13.2. The minimum absolute atomic E-state index is 0.0473. The Morgan fingerprint density at radius 1 is 1.42 bits per heavy atom. The molecule has 1 aromatic carbocycles. The Hall–Kier alpha value is -2.20. The van der Waals surface area contributed by atoms with Crippen LogP contribution in [0.1, 0.15) is 0 Å². The van der Waals surface area contributed by atoms with Crippen LogP contribution >= 0.6 is 15.9 Å². The van der Waals surface area contributed by atoms with Crippen molar-refractivity contribution in [2.75, 3.05) is 12.8 Å². The lowest BCUT2D eigenvalue weighted by Crippen LogP contribution is -2.01. The molecule has 0 saturated heterocycles. The highest BCUT2D eigenvalue weighted by Gasteiger charge is 2.14. The summed E-state index contributed by atoms with van der Waals surface area (Å²) < 4.78 is 19.0. The van der Waals surface area contributed by atoms with E-state index in [9.17, 15) is 4.39 Å². The smallest absolute Gasteiger partial charge is 0.318 e. The van der Waals surface area contributed by atoms with Gasteiger partial charge in [0, 0.05) is 5.56 Å². The van der Waals surface area contributed by atoms with Crippen molar-refractivity contribution in [3.63, 3.8) is 0 Å². The Labute approximate surface area is 117 Å². The van der Waals surface area contributed by atoms with Crippen LogP contribution < -0.4 is 10.5 Å². The molecule has 19 heavy (non-hydrogen) atoms. The zero-order valence-electron chi connectivity index (χ0n) is 9.82. The average Bonchev–Trinajstić information content (AvgIpc) is 2.41. The van der Waals surface area contributed by atoms with Crippen LogP contribution in [-0.2, 0) is 0 Å². The lowest BCUT2D eigenvalue weighted by atomic mass is 10.1. The van der Waals surface area contributed by atoms with Gasteiger partial charge in [-0.15, -0.1) is 0 Å². The summed E-state index contributed by atoms with van der Waals surface area (Å²) in [7, 11) is 1.41. The summed E-state index contributed by atoms with van der Waals surface area (Å²) >= 11 is 3.25. The van der Waals surface area contributed by atoms with E-state index in [2.05, 4.69) is 30.7 Å². The van der Waals surface area contributed by atoms with Crippen LogP contribution in [-0.4, -0.2) is 17.1 Å². The first-order valence-electron chi connectivity index (χ1n) is 5.11. The minimum atomic E-state index is -0.615. The second kappa shape index (κ2) is 5.20. The van der Waals surface area contributed by atoms with E-state index in [-0.39, 0.29) is 17.5 Å². The van der Waals surface area contributed by atoms with Gasteiger partial charge in [0.1, 0.15) is 11.6 Å². The summed E-state index contributed by atoms with van der Waals surface area (Å²) in [5.74, 6) is -0.424. The highest BCUT2D eigenvalue weighted by atomic mass is 79.9. The largest absolute Gasteiger partial charge is 0.467 e. The molecule has 2 N–H and O–H groups in total. The van der Waals surface area contributed by atoms with Crippen molar-refractivity contribution in [3.05, 3.63) is 39.9 Å². The molecule has 96 valence electrons. The number of nitrogen functional groups attached to an aromatic ring is 1. The monoisotopic (exact) mass is 322 g/mol. The molecule has 0 unspecified atom stereocenters. The number of methoxy groups -OCH3 is 1. The van der Waals surface area contributed by atoms with E-state index in [1.54, 1.807) is 6.07 Å².